The van der Waals surface area contributed by atoms with Gasteiger partial charge in [-0.15, -0.1) is 11.3 Å². The molecule has 0 fully saturated rings. The van der Waals surface area contributed by atoms with Gasteiger partial charge in [0.1, 0.15) is 5.01 Å². The molecule has 5 heteroatoms. The van der Waals surface area contributed by atoms with Crippen LogP contribution in [0.25, 0.3) is 10.2 Å². The second-order valence-corrected chi connectivity index (χ2v) is 6.41. The lowest BCUT2D eigenvalue weighted by molar-refractivity contribution is 0.174. The quantitative estimate of drug-likeness (QED) is 0.794. The Balaban J connectivity index is 1.46. The van der Waals surface area contributed by atoms with Crippen LogP contribution in [0.3, 0.4) is 0 Å². The lowest BCUT2D eigenvalue weighted by Gasteiger charge is -2.13. The smallest absolute Gasteiger partial charge is 0.231 e. The van der Waals surface area contributed by atoms with Crippen LogP contribution in [0.2, 0.25) is 0 Å². The monoisotopic (exact) mass is 312 g/mol. The van der Waals surface area contributed by atoms with Crippen molar-refractivity contribution in [2.45, 2.75) is 19.5 Å². The fourth-order valence-electron chi connectivity index (χ4n) is 2.54. The van der Waals surface area contributed by atoms with E-state index in [2.05, 4.69) is 35.4 Å². The highest BCUT2D eigenvalue weighted by molar-refractivity contribution is 7.18. The number of benzene rings is 2. The van der Waals surface area contributed by atoms with Crippen LogP contribution in [0.4, 0.5) is 0 Å². The molecule has 4 nitrogen and oxygen atoms in total. The fraction of sp³-hybridized carbons (Fsp3) is 0.235. The van der Waals surface area contributed by atoms with Gasteiger partial charge in [0.2, 0.25) is 6.79 Å². The Labute approximate surface area is 132 Å². The number of aromatic nitrogens is 1. The predicted octanol–water partition coefficient (Wildman–Crippen LogP) is 3.88. The number of thiazole rings is 1. The highest BCUT2D eigenvalue weighted by Gasteiger charge is 2.15. The van der Waals surface area contributed by atoms with Crippen molar-refractivity contribution in [2.24, 2.45) is 0 Å². The van der Waals surface area contributed by atoms with Crippen molar-refractivity contribution in [1.29, 1.82) is 0 Å². The van der Waals surface area contributed by atoms with Gasteiger partial charge < -0.3 is 14.8 Å². The van der Waals surface area contributed by atoms with Gasteiger partial charge in [-0.3, -0.25) is 0 Å². The van der Waals surface area contributed by atoms with E-state index < -0.39 is 0 Å². The van der Waals surface area contributed by atoms with Crippen LogP contribution in [0.5, 0.6) is 11.5 Å². The molecule has 0 spiro atoms. The molecule has 2 aromatic carbocycles. The van der Waals surface area contributed by atoms with Crippen LogP contribution in [-0.2, 0) is 6.54 Å². The number of hydrogen-bond donors (Lipinski definition) is 1. The second-order valence-electron chi connectivity index (χ2n) is 5.29. The number of nitrogens with zero attached hydrogens (tertiary/aromatic N) is 1. The van der Waals surface area contributed by atoms with E-state index in [1.807, 2.05) is 24.3 Å². The van der Waals surface area contributed by atoms with E-state index in [0.29, 0.717) is 6.79 Å². The molecule has 0 amide bonds. The van der Waals surface area contributed by atoms with Gasteiger partial charge in [-0.25, -0.2) is 4.98 Å². The fourth-order valence-corrected chi connectivity index (χ4v) is 3.45. The molecular formula is C17H16N2O2S. The van der Waals surface area contributed by atoms with E-state index in [1.54, 1.807) is 11.3 Å². The van der Waals surface area contributed by atoms with Gasteiger partial charge in [-0.2, -0.15) is 0 Å². The van der Waals surface area contributed by atoms with E-state index in [-0.39, 0.29) is 6.04 Å². The summed E-state index contributed by atoms with van der Waals surface area (Å²) < 4.78 is 12.0. The maximum absolute atomic E-state index is 5.43. The van der Waals surface area contributed by atoms with Crippen LogP contribution < -0.4 is 14.8 Å². The van der Waals surface area contributed by atoms with Gasteiger partial charge in [0.05, 0.1) is 10.2 Å². The van der Waals surface area contributed by atoms with Crippen molar-refractivity contribution >= 4 is 21.6 Å². The van der Waals surface area contributed by atoms with Gasteiger partial charge >= 0.3 is 0 Å². The molecule has 0 aliphatic carbocycles. The van der Waals surface area contributed by atoms with E-state index >= 15 is 0 Å². The summed E-state index contributed by atoms with van der Waals surface area (Å²) in [5.74, 6) is 1.65. The van der Waals surface area contributed by atoms with Gasteiger partial charge in [0, 0.05) is 12.6 Å². The van der Waals surface area contributed by atoms with Gasteiger partial charge in [-0.05, 0) is 36.8 Å². The largest absolute Gasteiger partial charge is 0.454 e. The molecule has 1 aliphatic heterocycles. The Morgan fingerprint density at radius 2 is 2.05 bits per heavy atom. The van der Waals surface area contributed by atoms with E-state index in [4.69, 9.17) is 9.47 Å². The minimum Gasteiger partial charge on any atom is -0.454 e. The van der Waals surface area contributed by atoms with Crippen molar-refractivity contribution in [3.8, 4) is 11.5 Å². The minimum atomic E-state index is 0.224. The molecule has 4 rings (SSSR count). The lowest BCUT2D eigenvalue weighted by atomic mass is 10.1. The minimum absolute atomic E-state index is 0.224. The van der Waals surface area contributed by atoms with Gasteiger partial charge in [0.15, 0.2) is 11.5 Å². The van der Waals surface area contributed by atoms with E-state index in [1.165, 1.54) is 10.3 Å². The number of fused-ring (bicyclic) bond motifs is 2. The second kappa shape index (κ2) is 5.59. The van der Waals surface area contributed by atoms with Crippen LogP contribution in [0.1, 0.15) is 23.5 Å². The average molecular weight is 312 g/mol. The highest BCUT2D eigenvalue weighted by Crippen LogP contribution is 2.34. The topological polar surface area (TPSA) is 43.4 Å². The van der Waals surface area contributed by atoms with Crippen LogP contribution in [0.15, 0.2) is 42.5 Å². The van der Waals surface area contributed by atoms with Crippen LogP contribution in [0, 0.1) is 0 Å². The molecule has 1 aromatic heterocycles. The average Bonchev–Trinajstić information content (AvgIpc) is 3.17. The van der Waals surface area contributed by atoms with Gasteiger partial charge in [0.25, 0.3) is 0 Å². The molecule has 1 aliphatic rings. The first kappa shape index (κ1) is 13.5. The molecule has 0 saturated heterocycles. The SMILES string of the molecule is CC(NCc1nc2ccccc2s1)c1ccc2c(c1)OCO2. The summed E-state index contributed by atoms with van der Waals surface area (Å²) in [6.45, 7) is 3.21. The molecule has 1 unspecified atom stereocenters. The molecule has 0 bridgehead atoms. The zero-order valence-electron chi connectivity index (χ0n) is 12.2. The van der Waals surface area contributed by atoms with Crippen LogP contribution >= 0.6 is 11.3 Å². The van der Waals surface area contributed by atoms with E-state index in [0.717, 1.165) is 28.6 Å². The number of rotatable bonds is 4. The maximum Gasteiger partial charge on any atom is 0.231 e. The first-order valence-corrected chi connectivity index (χ1v) is 8.08. The Hall–Kier alpha value is -2.11. The first-order chi connectivity index (χ1) is 10.8. The summed E-state index contributed by atoms with van der Waals surface area (Å²) in [6, 6.07) is 14.5. The Morgan fingerprint density at radius 1 is 1.18 bits per heavy atom. The Morgan fingerprint density at radius 3 is 2.95 bits per heavy atom. The van der Waals surface area contributed by atoms with Crippen molar-refractivity contribution < 1.29 is 9.47 Å². The molecule has 22 heavy (non-hydrogen) atoms. The normalized spacial score (nSPS) is 14.4. The summed E-state index contributed by atoms with van der Waals surface area (Å²) >= 11 is 1.74. The van der Waals surface area contributed by atoms with Crippen molar-refractivity contribution in [2.75, 3.05) is 6.79 Å². The highest BCUT2D eigenvalue weighted by atomic mass is 32.1. The summed E-state index contributed by atoms with van der Waals surface area (Å²) in [7, 11) is 0. The summed E-state index contributed by atoms with van der Waals surface area (Å²) in [6.07, 6.45) is 0. The van der Waals surface area contributed by atoms with Gasteiger partial charge in [-0.1, -0.05) is 18.2 Å². The van der Waals surface area contributed by atoms with Crippen molar-refractivity contribution in [3.63, 3.8) is 0 Å². The third-order valence-corrected chi connectivity index (χ3v) is 4.83. The molecule has 3 aromatic rings. The Kier molecular flexibility index (Phi) is 3.44. The number of nitrogens with one attached hydrogen (secondary N) is 1. The third-order valence-electron chi connectivity index (χ3n) is 3.79. The van der Waals surface area contributed by atoms with Crippen molar-refractivity contribution in [1.82, 2.24) is 10.3 Å². The molecule has 1 atom stereocenters. The lowest BCUT2D eigenvalue weighted by Crippen LogP contribution is -2.17. The summed E-state index contributed by atoms with van der Waals surface area (Å²) in [4.78, 5) is 4.65. The number of ether oxygens (including phenoxy) is 2. The zero-order valence-corrected chi connectivity index (χ0v) is 13.0. The first-order valence-electron chi connectivity index (χ1n) is 7.27. The molecule has 2 heterocycles. The number of para-hydroxylation sites is 1. The zero-order chi connectivity index (χ0) is 14.9. The molecule has 0 saturated carbocycles. The predicted molar refractivity (Wildman–Crippen MR) is 87.4 cm³/mol. The molecule has 1 N–H and O–H groups in total. The Bertz CT molecular complexity index is 782. The molecular weight excluding hydrogens is 296 g/mol. The third kappa shape index (κ3) is 2.53. The van der Waals surface area contributed by atoms with Crippen molar-refractivity contribution in [3.05, 3.63) is 53.0 Å². The standard InChI is InChI=1S/C17H16N2O2S/c1-11(12-6-7-14-15(8-12)21-10-20-14)18-9-17-19-13-4-2-3-5-16(13)22-17/h2-8,11,18H,9-10H2,1H3. The van der Waals surface area contributed by atoms with Crippen LogP contribution in [-0.4, -0.2) is 11.8 Å². The summed E-state index contributed by atoms with van der Waals surface area (Å²) in [5.41, 5.74) is 2.25. The molecule has 0 radical (unpaired) electrons. The molecule has 112 valence electrons. The number of hydrogen-bond acceptors (Lipinski definition) is 5. The maximum atomic E-state index is 5.43. The summed E-state index contributed by atoms with van der Waals surface area (Å²) in [5, 5.41) is 4.62. The van der Waals surface area contributed by atoms with E-state index in [9.17, 15) is 0 Å².